The Kier molecular flexibility index (Phi) is 7.70. The summed E-state index contributed by atoms with van der Waals surface area (Å²) in [6, 6.07) is 7.92. The summed E-state index contributed by atoms with van der Waals surface area (Å²) in [5.41, 5.74) is 3.24. The summed E-state index contributed by atoms with van der Waals surface area (Å²) in [5.74, 6) is 0.998. The van der Waals surface area contributed by atoms with Crippen LogP contribution < -0.4 is 10.1 Å². The van der Waals surface area contributed by atoms with E-state index in [0.717, 1.165) is 42.1 Å². The Hall–Kier alpha value is -2.30. The third-order valence-electron chi connectivity index (χ3n) is 4.95. The van der Waals surface area contributed by atoms with Crippen molar-refractivity contribution in [1.29, 1.82) is 0 Å². The highest BCUT2D eigenvalue weighted by molar-refractivity contribution is 5.94. The molecule has 1 aromatic carbocycles. The van der Waals surface area contributed by atoms with Crippen molar-refractivity contribution < 1.29 is 14.6 Å². The largest absolute Gasteiger partial charge is 0.497 e. The van der Waals surface area contributed by atoms with Crippen LogP contribution in [0, 0.1) is 5.92 Å². The van der Waals surface area contributed by atoms with Crippen molar-refractivity contribution in [3.05, 3.63) is 35.4 Å². The minimum absolute atomic E-state index is 0.199. The van der Waals surface area contributed by atoms with Crippen LogP contribution in [-0.4, -0.2) is 30.6 Å². The summed E-state index contributed by atoms with van der Waals surface area (Å²) < 4.78 is 5.36. The van der Waals surface area contributed by atoms with E-state index in [4.69, 9.17) is 9.84 Å². The van der Waals surface area contributed by atoms with E-state index in [0.29, 0.717) is 5.92 Å². The Morgan fingerprint density at radius 1 is 1.31 bits per heavy atom. The van der Waals surface area contributed by atoms with Crippen molar-refractivity contribution in [3.63, 3.8) is 0 Å². The Bertz CT molecular complexity index is 674. The zero-order valence-corrected chi connectivity index (χ0v) is 16.0. The zero-order valence-electron chi connectivity index (χ0n) is 16.0. The van der Waals surface area contributed by atoms with E-state index in [1.54, 1.807) is 7.11 Å². The molecule has 2 N–H and O–H groups in total. The van der Waals surface area contributed by atoms with Gasteiger partial charge in [0.15, 0.2) is 0 Å². The number of nitrogens with one attached hydrogen (secondary N) is 1. The number of rotatable bonds is 7. The molecular formula is C21H30N2O3. The summed E-state index contributed by atoms with van der Waals surface area (Å²) in [4.78, 5) is 15.5. The van der Waals surface area contributed by atoms with Gasteiger partial charge in [0.1, 0.15) is 18.1 Å². The number of amidine groups is 1. The second-order valence-corrected chi connectivity index (χ2v) is 6.80. The molecule has 5 nitrogen and oxygen atoms in total. The number of ether oxygens (including phenoxy) is 1. The molecule has 1 aromatic rings. The standard InChI is InChI=1S/C21H30N2O3/c1-4-15(2)20(17-11-8-12-18(13-17)26-3)23-21(22-14-19(24)25)16-9-6-5-7-10-16/h8,11-13,16H,4-7,9-10,14H2,1-3H3,(H,22,23)(H,24,25). The molecule has 1 aliphatic rings. The van der Waals surface area contributed by atoms with Crippen LogP contribution in [0.4, 0.5) is 0 Å². The van der Waals surface area contributed by atoms with Gasteiger partial charge in [-0.2, -0.15) is 0 Å². The molecule has 0 unspecified atom stereocenters. The maximum Gasteiger partial charge on any atom is 0.325 e. The molecule has 2 rings (SSSR count). The average Bonchev–Trinajstić information content (AvgIpc) is 2.68. The van der Waals surface area contributed by atoms with Crippen LogP contribution in [0.15, 0.2) is 34.8 Å². The highest BCUT2D eigenvalue weighted by Crippen LogP contribution is 2.27. The first kappa shape index (κ1) is 20.0. The molecule has 1 fully saturated rings. The number of carboxylic acid groups (broad SMARTS) is 1. The smallest absolute Gasteiger partial charge is 0.325 e. The van der Waals surface area contributed by atoms with Gasteiger partial charge in [-0.05, 0) is 43.9 Å². The third-order valence-corrected chi connectivity index (χ3v) is 4.95. The minimum Gasteiger partial charge on any atom is -0.497 e. The number of hydrogen-bond donors (Lipinski definition) is 2. The summed E-state index contributed by atoms with van der Waals surface area (Å²) in [5, 5.41) is 12.6. The number of methoxy groups -OCH3 is 1. The number of aliphatic carboxylic acids is 1. The van der Waals surface area contributed by atoms with E-state index < -0.39 is 5.97 Å². The van der Waals surface area contributed by atoms with E-state index in [1.807, 2.05) is 24.3 Å². The second kappa shape index (κ2) is 10.00. The van der Waals surface area contributed by atoms with Gasteiger partial charge >= 0.3 is 5.97 Å². The predicted molar refractivity (Wildman–Crippen MR) is 106 cm³/mol. The molecule has 0 heterocycles. The van der Waals surface area contributed by atoms with Gasteiger partial charge in [-0.25, -0.2) is 0 Å². The SMILES string of the molecule is CCC(C)=C(NC(=NCC(=O)O)C1CCCCC1)c1cccc(OC)c1. The lowest BCUT2D eigenvalue weighted by Crippen LogP contribution is -2.32. The van der Waals surface area contributed by atoms with Gasteiger partial charge in [-0.3, -0.25) is 9.79 Å². The summed E-state index contributed by atoms with van der Waals surface area (Å²) in [6.07, 6.45) is 6.60. The number of benzene rings is 1. The van der Waals surface area contributed by atoms with Gasteiger partial charge in [-0.15, -0.1) is 0 Å². The van der Waals surface area contributed by atoms with Crippen LogP contribution in [0.2, 0.25) is 0 Å². The summed E-state index contributed by atoms with van der Waals surface area (Å²) >= 11 is 0. The Morgan fingerprint density at radius 2 is 2.04 bits per heavy atom. The van der Waals surface area contributed by atoms with E-state index >= 15 is 0 Å². The molecule has 0 bridgehead atoms. The molecule has 142 valence electrons. The molecule has 0 saturated heterocycles. The van der Waals surface area contributed by atoms with Crippen molar-refractivity contribution in [2.75, 3.05) is 13.7 Å². The minimum atomic E-state index is -0.903. The Morgan fingerprint density at radius 3 is 2.65 bits per heavy atom. The fourth-order valence-electron chi connectivity index (χ4n) is 3.31. The highest BCUT2D eigenvalue weighted by atomic mass is 16.5. The number of carboxylic acids is 1. The molecule has 0 aliphatic heterocycles. The van der Waals surface area contributed by atoms with Crippen LogP contribution in [0.3, 0.4) is 0 Å². The first-order chi connectivity index (χ1) is 12.5. The first-order valence-electron chi connectivity index (χ1n) is 9.42. The van der Waals surface area contributed by atoms with Crippen LogP contribution in [0.25, 0.3) is 5.70 Å². The van der Waals surface area contributed by atoms with Crippen LogP contribution in [0.5, 0.6) is 5.75 Å². The monoisotopic (exact) mass is 358 g/mol. The van der Waals surface area contributed by atoms with Gasteiger partial charge in [0, 0.05) is 17.2 Å². The third kappa shape index (κ3) is 5.61. The van der Waals surface area contributed by atoms with Crippen molar-refractivity contribution in [1.82, 2.24) is 5.32 Å². The van der Waals surface area contributed by atoms with Crippen LogP contribution >= 0.6 is 0 Å². The fraction of sp³-hybridized carbons (Fsp3) is 0.524. The quantitative estimate of drug-likeness (QED) is 0.556. The summed E-state index contributed by atoms with van der Waals surface area (Å²) in [7, 11) is 1.66. The second-order valence-electron chi connectivity index (χ2n) is 6.80. The normalized spacial score (nSPS) is 16.8. The highest BCUT2D eigenvalue weighted by Gasteiger charge is 2.21. The van der Waals surface area contributed by atoms with E-state index in [1.165, 1.54) is 24.8 Å². The molecule has 0 atom stereocenters. The van der Waals surface area contributed by atoms with Crippen LogP contribution in [0.1, 0.15) is 57.9 Å². The van der Waals surface area contributed by atoms with Gasteiger partial charge in [0.2, 0.25) is 0 Å². The molecule has 1 aliphatic carbocycles. The molecule has 26 heavy (non-hydrogen) atoms. The van der Waals surface area contributed by atoms with Gasteiger partial charge in [-0.1, -0.05) is 38.3 Å². The number of carbonyl (C=O) groups is 1. The molecule has 0 spiro atoms. The lowest BCUT2D eigenvalue weighted by atomic mass is 9.88. The average molecular weight is 358 g/mol. The van der Waals surface area contributed by atoms with Gasteiger partial charge < -0.3 is 15.2 Å². The molecular weight excluding hydrogens is 328 g/mol. The summed E-state index contributed by atoms with van der Waals surface area (Å²) in [6.45, 7) is 4.01. The fourth-order valence-corrected chi connectivity index (χ4v) is 3.31. The Labute approximate surface area is 156 Å². The zero-order chi connectivity index (χ0) is 18.9. The number of hydrogen-bond acceptors (Lipinski definition) is 3. The van der Waals surface area contributed by atoms with Gasteiger partial charge in [0.25, 0.3) is 0 Å². The lowest BCUT2D eigenvalue weighted by molar-refractivity contribution is -0.135. The number of aliphatic imine (C=N–C) groups is 1. The lowest BCUT2D eigenvalue weighted by Gasteiger charge is -2.26. The topological polar surface area (TPSA) is 70.9 Å². The molecule has 0 radical (unpaired) electrons. The van der Waals surface area contributed by atoms with Crippen molar-refractivity contribution >= 4 is 17.5 Å². The number of nitrogens with zero attached hydrogens (tertiary/aromatic N) is 1. The molecule has 0 amide bonds. The number of allylic oxidation sites excluding steroid dienone is 1. The van der Waals surface area contributed by atoms with E-state index in [9.17, 15) is 4.79 Å². The first-order valence-corrected chi connectivity index (χ1v) is 9.42. The van der Waals surface area contributed by atoms with Gasteiger partial charge in [0.05, 0.1) is 7.11 Å². The maximum atomic E-state index is 11.1. The Balaban J connectivity index is 2.35. The van der Waals surface area contributed by atoms with E-state index in [-0.39, 0.29) is 6.54 Å². The molecule has 0 aromatic heterocycles. The van der Waals surface area contributed by atoms with Crippen molar-refractivity contribution in [3.8, 4) is 5.75 Å². The van der Waals surface area contributed by atoms with Crippen molar-refractivity contribution in [2.45, 2.75) is 52.4 Å². The van der Waals surface area contributed by atoms with Crippen LogP contribution in [-0.2, 0) is 4.79 Å². The predicted octanol–water partition coefficient (Wildman–Crippen LogP) is 4.49. The van der Waals surface area contributed by atoms with Crippen molar-refractivity contribution in [2.24, 2.45) is 10.9 Å². The molecule has 1 saturated carbocycles. The molecule has 5 heteroatoms. The van der Waals surface area contributed by atoms with E-state index in [2.05, 4.69) is 24.2 Å². The maximum absolute atomic E-state index is 11.1.